The summed E-state index contributed by atoms with van der Waals surface area (Å²) in [6.45, 7) is 7.44. The van der Waals surface area contributed by atoms with Crippen molar-refractivity contribution in [1.29, 1.82) is 0 Å². The molecule has 136 valence electrons. The molecule has 0 aliphatic heterocycles. The lowest BCUT2D eigenvalue weighted by Gasteiger charge is -2.04. The number of aliphatic hydroxyl groups excluding tert-OH is 1. The summed E-state index contributed by atoms with van der Waals surface area (Å²) in [5.74, 6) is -0.312. The first-order valence-electron chi connectivity index (χ1n) is 7.83. The van der Waals surface area contributed by atoms with Crippen LogP contribution < -0.4 is 0 Å². The van der Waals surface area contributed by atoms with E-state index in [1.807, 2.05) is 4.57 Å². The number of nitrogens with zero attached hydrogens (tertiary/aromatic N) is 4. The highest BCUT2D eigenvalue weighted by Gasteiger charge is 2.14. The van der Waals surface area contributed by atoms with Gasteiger partial charge in [0.1, 0.15) is 5.76 Å². The SMILES string of the molecule is C=CCn1c(-c2ccc(N=N/C(C(=O)OCC)=C(/C)O)cc2)n[nH]c1=S. The second kappa shape index (κ2) is 8.86. The highest BCUT2D eigenvalue weighted by atomic mass is 32.1. The number of esters is 1. The van der Waals surface area contributed by atoms with E-state index in [0.717, 1.165) is 5.56 Å². The van der Waals surface area contributed by atoms with Crippen molar-refractivity contribution in [3.63, 3.8) is 0 Å². The molecule has 0 saturated heterocycles. The number of allylic oxidation sites excluding steroid dienone is 2. The van der Waals surface area contributed by atoms with E-state index in [1.165, 1.54) is 6.92 Å². The van der Waals surface area contributed by atoms with Gasteiger partial charge in [-0.15, -0.1) is 11.7 Å². The van der Waals surface area contributed by atoms with Crippen LogP contribution in [0.2, 0.25) is 0 Å². The minimum atomic E-state index is -0.729. The largest absolute Gasteiger partial charge is 0.510 e. The van der Waals surface area contributed by atoms with Gasteiger partial charge in [0.05, 0.1) is 12.3 Å². The van der Waals surface area contributed by atoms with Crippen LogP contribution in [0.5, 0.6) is 0 Å². The number of H-pyrrole nitrogens is 1. The average molecular weight is 373 g/mol. The molecule has 0 radical (unpaired) electrons. The van der Waals surface area contributed by atoms with E-state index in [1.54, 1.807) is 37.3 Å². The third-order valence-corrected chi connectivity index (χ3v) is 3.58. The number of azo groups is 1. The van der Waals surface area contributed by atoms with Crippen molar-refractivity contribution in [2.75, 3.05) is 6.61 Å². The minimum absolute atomic E-state index is 0.180. The summed E-state index contributed by atoms with van der Waals surface area (Å²) < 4.78 is 7.15. The number of hydrogen-bond acceptors (Lipinski definition) is 7. The maximum atomic E-state index is 11.7. The van der Waals surface area contributed by atoms with Crippen molar-refractivity contribution in [3.8, 4) is 11.4 Å². The number of benzene rings is 1. The molecule has 2 aromatic rings. The molecule has 0 saturated carbocycles. The van der Waals surface area contributed by atoms with Crippen LogP contribution in [-0.2, 0) is 16.1 Å². The Bertz CT molecular complexity index is 905. The Kier molecular flexibility index (Phi) is 6.56. The maximum absolute atomic E-state index is 11.7. The fraction of sp³-hybridized carbons (Fsp3) is 0.235. The Morgan fingerprint density at radius 2 is 2.15 bits per heavy atom. The molecule has 1 heterocycles. The van der Waals surface area contributed by atoms with Crippen molar-refractivity contribution >= 4 is 23.9 Å². The standard InChI is InChI=1S/C17H19N5O3S/c1-4-10-22-15(20-21-17(22)26)12-6-8-13(9-7-12)18-19-14(11(3)23)16(24)25-5-2/h4,6-9,23H,1,5,10H2,2-3H3,(H,21,26)/b14-11-,19-18?. The first-order chi connectivity index (χ1) is 12.5. The van der Waals surface area contributed by atoms with Gasteiger partial charge in [-0.25, -0.2) is 4.79 Å². The van der Waals surface area contributed by atoms with Gasteiger partial charge in [-0.1, -0.05) is 6.08 Å². The molecular formula is C17H19N5O3S. The predicted molar refractivity (Wildman–Crippen MR) is 99.5 cm³/mol. The lowest BCUT2D eigenvalue weighted by atomic mass is 10.2. The van der Waals surface area contributed by atoms with Crippen LogP contribution in [0.4, 0.5) is 5.69 Å². The minimum Gasteiger partial charge on any atom is -0.510 e. The number of carbonyl (C=O) groups is 1. The van der Waals surface area contributed by atoms with E-state index in [2.05, 4.69) is 27.0 Å². The molecule has 0 bridgehead atoms. The van der Waals surface area contributed by atoms with Crippen LogP contribution in [0.1, 0.15) is 13.8 Å². The molecule has 0 aliphatic rings. The highest BCUT2D eigenvalue weighted by molar-refractivity contribution is 7.71. The van der Waals surface area contributed by atoms with Gasteiger partial charge in [-0.2, -0.15) is 10.2 Å². The van der Waals surface area contributed by atoms with Crippen LogP contribution in [-0.4, -0.2) is 32.4 Å². The Morgan fingerprint density at radius 1 is 1.46 bits per heavy atom. The zero-order valence-corrected chi connectivity index (χ0v) is 15.3. The Hall–Kier alpha value is -3.07. The number of aliphatic hydroxyl groups is 1. The summed E-state index contributed by atoms with van der Waals surface area (Å²) in [6, 6.07) is 7.03. The van der Waals surface area contributed by atoms with Crippen LogP contribution in [0.15, 0.2) is 58.6 Å². The predicted octanol–water partition coefficient (Wildman–Crippen LogP) is 4.23. The van der Waals surface area contributed by atoms with Crippen LogP contribution in [0.3, 0.4) is 0 Å². The zero-order chi connectivity index (χ0) is 19.1. The fourth-order valence-electron chi connectivity index (χ4n) is 2.08. The molecule has 0 amide bonds. The number of ether oxygens (including phenoxy) is 1. The number of nitrogens with one attached hydrogen (secondary N) is 1. The van der Waals surface area contributed by atoms with Crippen LogP contribution in [0, 0.1) is 4.77 Å². The summed E-state index contributed by atoms with van der Waals surface area (Å²) >= 11 is 5.20. The summed E-state index contributed by atoms with van der Waals surface area (Å²) in [6.07, 6.45) is 1.73. The molecule has 1 aromatic heterocycles. The topological polar surface area (TPSA) is 105 Å². The van der Waals surface area contributed by atoms with Crippen LogP contribution in [0.25, 0.3) is 11.4 Å². The molecule has 2 rings (SSSR count). The number of hydrogen-bond donors (Lipinski definition) is 2. The van der Waals surface area contributed by atoms with Gasteiger partial charge in [0.2, 0.25) is 5.70 Å². The second-order valence-corrected chi connectivity index (χ2v) is 5.54. The number of aromatic amines is 1. The first kappa shape index (κ1) is 19.3. The Balaban J connectivity index is 2.25. The summed E-state index contributed by atoms with van der Waals surface area (Å²) in [4.78, 5) is 11.7. The van der Waals surface area contributed by atoms with Gasteiger partial charge in [0.15, 0.2) is 10.6 Å². The normalized spacial score (nSPS) is 12.1. The fourth-order valence-corrected chi connectivity index (χ4v) is 2.29. The van der Waals surface area contributed by atoms with Crippen molar-refractivity contribution in [2.45, 2.75) is 20.4 Å². The molecule has 0 atom stereocenters. The molecule has 0 fully saturated rings. The zero-order valence-electron chi connectivity index (χ0n) is 14.5. The van der Waals surface area contributed by atoms with E-state index < -0.39 is 5.97 Å². The molecule has 8 nitrogen and oxygen atoms in total. The molecule has 0 unspecified atom stereocenters. The van der Waals surface area contributed by atoms with Crippen molar-refractivity contribution in [3.05, 3.63) is 53.1 Å². The molecular weight excluding hydrogens is 354 g/mol. The molecule has 1 aromatic carbocycles. The average Bonchev–Trinajstić information content (AvgIpc) is 2.97. The third kappa shape index (κ3) is 4.51. The summed E-state index contributed by atoms with van der Waals surface area (Å²) in [5, 5.41) is 24.3. The van der Waals surface area contributed by atoms with E-state index in [4.69, 9.17) is 17.0 Å². The van der Waals surface area contributed by atoms with Crippen molar-refractivity contribution < 1.29 is 14.6 Å². The molecule has 9 heteroatoms. The third-order valence-electron chi connectivity index (χ3n) is 3.27. The van der Waals surface area contributed by atoms with E-state index in [0.29, 0.717) is 22.8 Å². The van der Waals surface area contributed by atoms with Crippen LogP contribution >= 0.6 is 12.2 Å². The van der Waals surface area contributed by atoms with Gasteiger partial charge in [0, 0.05) is 12.1 Å². The summed E-state index contributed by atoms with van der Waals surface area (Å²) in [7, 11) is 0. The summed E-state index contributed by atoms with van der Waals surface area (Å²) in [5.41, 5.74) is 1.10. The van der Waals surface area contributed by atoms with Crippen molar-refractivity contribution in [2.24, 2.45) is 10.2 Å². The van der Waals surface area contributed by atoms with Gasteiger partial charge in [0.25, 0.3) is 0 Å². The molecule has 0 spiro atoms. The second-order valence-electron chi connectivity index (χ2n) is 5.15. The van der Waals surface area contributed by atoms with E-state index >= 15 is 0 Å². The highest BCUT2D eigenvalue weighted by Crippen LogP contribution is 2.22. The van der Waals surface area contributed by atoms with Gasteiger partial charge in [-0.3, -0.25) is 9.67 Å². The number of rotatable bonds is 7. The number of aromatic nitrogens is 3. The first-order valence-corrected chi connectivity index (χ1v) is 8.24. The maximum Gasteiger partial charge on any atom is 0.362 e. The molecule has 26 heavy (non-hydrogen) atoms. The number of carbonyl (C=O) groups excluding carboxylic acids is 1. The quantitative estimate of drug-likeness (QED) is 0.189. The van der Waals surface area contributed by atoms with E-state index in [-0.39, 0.29) is 18.1 Å². The van der Waals surface area contributed by atoms with Gasteiger partial charge >= 0.3 is 5.97 Å². The van der Waals surface area contributed by atoms with Gasteiger partial charge in [-0.05, 0) is 50.3 Å². The Labute approximate surface area is 155 Å². The van der Waals surface area contributed by atoms with Gasteiger partial charge < -0.3 is 9.84 Å². The molecule has 0 aliphatic carbocycles. The molecule has 2 N–H and O–H groups in total. The Morgan fingerprint density at radius 3 is 2.73 bits per heavy atom. The monoisotopic (exact) mass is 373 g/mol. The van der Waals surface area contributed by atoms with E-state index in [9.17, 15) is 9.90 Å². The lowest BCUT2D eigenvalue weighted by Crippen LogP contribution is -2.07. The smallest absolute Gasteiger partial charge is 0.362 e. The van der Waals surface area contributed by atoms with Crippen molar-refractivity contribution in [1.82, 2.24) is 14.8 Å². The lowest BCUT2D eigenvalue weighted by molar-refractivity contribution is -0.138.